The van der Waals surface area contributed by atoms with Crippen molar-refractivity contribution in [3.63, 3.8) is 0 Å². The second-order valence-electron chi connectivity index (χ2n) is 8.97. The average Bonchev–Trinajstić information content (AvgIpc) is 2.75. The first-order valence-electron chi connectivity index (χ1n) is 11.5. The molecule has 4 rings (SSSR count). The van der Waals surface area contributed by atoms with Gasteiger partial charge >= 0.3 is 0 Å². The summed E-state index contributed by atoms with van der Waals surface area (Å²) in [7, 11) is 0. The van der Waals surface area contributed by atoms with Crippen LogP contribution in [0.2, 0.25) is 0 Å². The van der Waals surface area contributed by atoms with Crippen molar-refractivity contribution in [2.24, 2.45) is 5.92 Å². The summed E-state index contributed by atoms with van der Waals surface area (Å²) in [6.07, 6.45) is 6.26. The number of halogens is 1. The summed E-state index contributed by atoms with van der Waals surface area (Å²) in [5.74, 6) is 1.02. The molecule has 2 heterocycles. The van der Waals surface area contributed by atoms with Gasteiger partial charge in [-0.2, -0.15) is 0 Å². The van der Waals surface area contributed by atoms with Gasteiger partial charge in [-0.25, -0.2) is 4.39 Å². The minimum absolute atomic E-state index is 0.130. The van der Waals surface area contributed by atoms with Crippen LogP contribution in [0.5, 0.6) is 0 Å². The monoisotopic (exact) mass is 394 g/mol. The van der Waals surface area contributed by atoms with E-state index in [1.165, 1.54) is 62.0 Å². The molecule has 0 saturated carbocycles. The molecular formula is C26H35FN2. The van der Waals surface area contributed by atoms with E-state index in [2.05, 4.69) is 41.0 Å². The molecule has 0 aliphatic carbocycles. The van der Waals surface area contributed by atoms with Crippen LogP contribution >= 0.6 is 0 Å². The van der Waals surface area contributed by atoms with Gasteiger partial charge in [-0.1, -0.05) is 56.2 Å². The van der Waals surface area contributed by atoms with Crippen molar-refractivity contribution in [2.75, 3.05) is 32.7 Å². The van der Waals surface area contributed by atoms with E-state index in [1.807, 2.05) is 12.1 Å². The molecule has 1 fully saturated rings. The molecule has 156 valence electrons. The first kappa shape index (κ1) is 20.6. The predicted molar refractivity (Wildman–Crippen MR) is 119 cm³/mol. The molecule has 1 saturated heterocycles. The fourth-order valence-electron chi connectivity index (χ4n) is 5.27. The third-order valence-electron chi connectivity index (χ3n) is 6.90. The van der Waals surface area contributed by atoms with E-state index in [-0.39, 0.29) is 5.82 Å². The Morgan fingerprint density at radius 2 is 1.72 bits per heavy atom. The molecule has 0 spiro atoms. The van der Waals surface area contributed by atoms with E-state index >= 15 is 0 Å². The molecular weight excluding hydrogens is 359 g/mol. The highest BCUT2D eigenvalue weighted by molar-refractivity contribution is 5.29. The van der Waals surface area contributed by atoms with Gasteiger partial charge in [0.15, 0.2) is 0 Å². The zero-order valence-electron chi connectivity index (χ0n) is 17.8. The molecule has 0 bridgehead atoms. The lowest BCUT2D eigenvalue weighted by Crippen LogP contribution is -2.45. The summed E-state index contributed by atoms with van der Waals surface area (Å²) in [5, 5.41) is 0. The van der Waals surface area contributed by atoms with Crippen molar-refractivity contribution in [1.29, 1.82) is 0 Å². The van der Waals surface area contributed by atoms with Crippen molar-refractivity contribution in [3.8, 4) is 0 Å². The first-order chi connectivity index (χ1) is 14.2. The largest absolute Gasteiger partial charge is 0.303 e. The minimum atomic E-state index is -0.130. The van der Waals surface area contributed by atoms with Crippen LogP contribution in [0.25, 0.3) is 0 Å². The molecule has 2 aromatic rings. The van der Waals surface area contributed by atoms with Crippen LogP contribution in [0.3, 0.4) is 0 Å². The number of nitrogens with zero attached hydrogens (tertiary/aromatic N) is 2. The molecule has 2 atom stereocenters. The Morgan fingerprint density at radius 1 is 0.931 bits per heavy atom. The maximum Gasteiger partial charge on any atom is 0.123 e. The summed E-state index contributed by atoms with van der Waals surface area (Å²) >= 11 is 0. The van der Waals surface area contributed by atoms with Crippen molar-refractivity contribution in [2.45, 2.75) is 51.5 Å². The van der Waals surface area contributed by atoms with Gasteiger partial charge in [0.05, 0.1) is 0 Å². The lowest BCUT2D eigenvalue weighted by Gasteiger charge is -2.42. The molecule has 0 unspecified atom stereocenters. The fraction of sp³-hybridized carbons (Fsp3) is 0.538. The molecule has 0 amide bonds. The summed E-state index contributed by atoms with van der Waals surface area (Å²) in [5.41, 5.74) is 4.33. The number of hydrogen-bond acceptors (Lipinski definition) is 2. The van der Waals surface area contributed by atoms with E-state index in [0.29, 0.717) is 11.8 Å². The Kier molecular flexibility index (Phi) is 6.99. The van der Waals surface area contributed by atoms with Crippen LogP contribution in [0.1, 0.15) is 55.2 Å². The number of piperidine rings is 1. The van der Waals surface area contributed by atoms with Crippen molar-refractivity contribution in [1.82, 2.24) is 9.80 Å². The smallest absolute Gasteiger partial charge is 0.123 e. The summed E-state index contributed by atoms with van der Waals surface area (Å²) in [4.78, 5) is 5.33. The van der Waals surface area contributed by atoms with Crippen LogP contribution in [0.15, 0.2) is 48.5 Å². The number of likely N-dealkylation sites (tertiary alicyclic amines) is 1. The average molecular weight is 395 g/mol. The van der Waals surface area contributed by atoms with Gasteiger partial charge in [0.1, 0.15) is 5.82 Å². The zero-order chi connectivity index (χ0) is 20.1. The Labute approximate surface area is 175 Å². The van der Waals surface area contributed by atoms with Crippen LogP contribution < -0.4 is 0 Å². The van der Waals surface area contributed by atoms with Gasteiger partial charge in [-0.05, 0) is 73.0 Å². The van der Waals surface area contributed by atoms with Gasteiger partial charge in [-0.15, -0.1) is 0 Å². The number of fused-ring (bicyclic) bond motifs is 1. The van der Waals surface area contributed by atoms with E-state index in [4.69, 9.17) is 0 Å². The van der Waals surface area contributed by atoms with E-state index in [1.54, 1.807) is 12.1 Å². The van der Waals surface area contributed by atoms with Gasteiger partial charge in [0.2, 0.25) is 0 Å². The Morgan fingerprint density at radius 3 is 2.52 bits per heavy atom. The van der Waals surface area contributed by atoms with Crippen LogP contribution in [-0.2, 0) is 13.0 Å². The van der Waals surface area contributed by atoms with E-state index < -0.39 is 0 Å². The van der Waals surface area contributed by atoms with E-state index in [0.717, 1.165) is 26.1 Å². The van der Waals surface area contributed by atoms with Gasteiger partial charge in [0, 0.05) is 26.2 Å². The Balaban J connectivity index is 1.46. The van der Waals surface area contributed by atoms with Crippen molar-refractivity contribution in [3.05, 3.63) is 71.0 Å². The number of benzene rings is 2. The SMILES string of the molecule is CCCCCN1CC[C@H](c2ccc(F)cc2)[C@@H](CN2CCc3ccccc3C2)C1. The quantitative estimate of drug-likeness (QED) is 0.574. The summed E-state index contributed by atoms with van der Waals surface area (Å²) in [6, 6.07) is 16.2. The number of hydrogen-bond donors (Lipinski definition) is 0. The molecule has 0 radical (unpaired) electrons. The highest BCUT2D eigenvalue weighted by Gasteiger charge is 2.32. The summed E-state index contributed by atoms with van der Waals surface area (Å²) in [6.45, 7) is 9.20. The van der Waals surface area contributed by atoms with Gasteiger partial charge < -0.3 is 4.90 Å². The number of unbranched alkanes of at least 4 members (excludes halogenated alkanes) is 2. The van der Waals surface area contributed by atoms with Crippen molar-refractivity contribution >= 4 is 0 Å². The second-order valence-corrected chi connectivity index (χ2v) is 8.97. The topological polar surface area (TPSA) is 6.48 Å². The minimum Gasteiger partial charge on any atom is -0.303 e. The Bertz CT molecular complexity index is 773. The third kappa shape index (κ3) is 5.26. The molecule has 2 nitrogen and oxygen atoms in total. The summed E-state index contributed by atoms with van der Waals surface area (Å²) < 4.78 is 13.5. The van der Waals surface area contributed by atoms with E-state index in [9.17, 15) is 4.39 Å². The highest BCUT2D eigenvalue weighted by Crippen LogP contribution is 2.35. The molecule has 0 N–H and O–H groups in total. The maximum atomic E-state index is 13.5. The number of rotatable bonds is 7. The predicted octanol–water partition coefficient (Wildman–Crippen LogP) is 5.48. The molecule has 3 heteroatoms. The normalized spacial score (nSPS) is 23.1. The third-order valence-corrected chi connectivity index (χ3v) is 6.90. The van der Waals surface area contributed by atoms with Crippen LogP contribution in [0, 0.1) is 11.7 Å². The fourth-order valence-corrected chi connectivity index (χ4v) is 5.27. The molecule has 29 heavy (non-hydrogen) atoms. The first-order valence-corrected chi connectivity index (χ1v) is 11.5. The second kappa shape index (κ2) is 9.86. The maximum absolute atomic E-state index is 13.5. The molecule has 2 aromatic carbocycles. The highest BCUT2D eigenvalue weighted by atomic mass is 19.1. The standard InChI is InChI=1S/C26H35FN2/c1-2-3-6-15-28-17-14-26(22-9-11-25(27)12-10-22)24(19-28)20-29-16-13-21-7-4-5-8-23(21)18-29/h4-5,7-12,24,26H,2-3,6,13-20H2,1H3/t24-,26-/m1/s1. The lowest BCUT2D eigenvalue weighted by molar-refractivity contribution is 0.108. The van der Waals surface area contributed by atoms with Crippen LogP contribution in [0.4, 0.5) is 4.39 Å². The Hall–Kier alpha value is -1.71. The molecule has 2 aliphatic heterocycles. The molecule has 2 aliphatic rings. The zero-order valence-corrected chi connectivity index (χ0v) is 17.8. The van der Waals surface area contributed by atoms with Gasteiger partial charge in [0.25, 0.3) is 0 Å². The van der Waals surface area contributed by atoms with Crippen molar-refractivity contribution < 1.29 is 4.39 Å². The molecule has 0 aromatic heterocycles. The van der Waals surface area contributed by atoms with Gasteiger partial charge in [-0.3, -0.25) is 4.90 Å². The van der Waals surface area contributed by atoms with Crippen LogP contribution in [-0.4, -0.2) is 42.5 Å². The lowest BCUT2D eigenvalue weighted by atomic mass is 9.79.